The summed E-state index contributed by atoms with van der Waals surface area (Å²) >= 11 is 0. The average molecular weight is 282 g/mol. The molecule has 1 aromatic carbocycles. The lowest BCUT2D eigenvalue weighted by atomic mass is 10.1. The Labute approximate surface area is 123 Å². The fraction of sp³-hybridized carbons (Fsp3) is 0.188. The van der Waals surface area contributed by atoms with Gasteiger partial charge in [0.15, 0.2) is 6.61 Å². The highest BCUT2D eigenvalue weighted by atomic mass is 16.5. The Morgan fingerprint density at radius 2 is 2.05 bits per heavy atom. The molecule has 0 saturated carbocycles. The van der Waals surface area contributed by atoms with Crippen molar-refractivity contribution in [3.63, 3.8) is 0 Å². The van der Waals surface area contributed by atoms with E-state index in [1.165, 1.54) is 6.08 Å². The van der Waals surface area contributed by atoms with Gasteiger partial charge in [-0.25, -0.2) is 4.79 Å². The molecule has 0 bridgehead atoms. The van der Waals surface area contributed by atoms with Crippen molar-refractivity contribution in [3.8, 4) is 18.4 Å². The van der Waals surface area contributed by atoms with Crippen molar-refractivity contribution in [1.29, 1.82) is 5.26 Å². The zero-order valence-corrected chi connectivity index (χ0v) is 11.6. The molecule has 5 nitrogen and oxygen atoms in total. The number of nitrogens with zero attached hydrogens (tertiary/aromatic N) is 1. The molecule has 0 aliphatic rings. The van der Waals surface area contributed by atoms with Crippen LogP contribution in [0, 0.1) is 30.6 Å². The molecule has 0 saturated heterocycles. The van der Waals surface area contributed by atoms with Crippen molar-refractivity contribution in [3.05, 3.63) is 41.0 Å². The molecular weight excluding hydrogens is 268 g/mol. The van der Waals surface area contributed by atoms with Crippen molar-refractivity contribution < 1.29 is 14.3 Å². The lowest BCUT2D eigenvalue weighted by Crippen LogP contribution is -2.29. The van der Waals surface area contributed by atoms with Gasteiger partial charge in [0, 0.05) is 0 Å². The van der Waals surface area contributed by atoms with Gasteiger partial charge >= 0.3 is 5.97 Å². The predicted molar refractivity (Wildman–Crippen MR) is 77.6 cm³/mol. The van der Waals surface area contributed by atoms with Gasteiger partial charge in [0.1, 0.15) is 11.6 Å². The summed E-state index contributed by atoms with van der Waals surface area (Å²) in [4.78, 5) is 22.9. The third-order valence-electron chi connectivity index (χ3n) is 2.45. The molecule has 1 rings (SSSR count). The number of nitriles is 1. The van der Waals surface area contributed by atoms with Crippen LogP contribution < -0.4 is 5.32 Å². The van der Waals surface area contributed by atoms with Crippen molar-refractivity contribution in [2.45, 2.75) is 6.92 Å². The number of ether oxygens (including phenoxy) is 1. The van der Waals surface area contributed by atoms with Gasteiger partial charge in [-0.2, -0.15) is 5.26 Å². The summed E-state index contributed by atoms with van der Waals surface area (Å²) in [5, 5.41) is 11.3. The molecule has 0 aliphatic heterocycles. The molecule has 0 radical (unpaired) electrons. The van der Waals surface area contributed by atoms with Gasteiger partial charge < -0.3 is 10.1 Å². The molecule has 0 atom stereocenters. The standard InChI is InChI=1S/C16H14N2O3/c1-3-8-18-15(19)11-21-16(20)14(10-17)9-13-6-4-12(2)5-7-13/h1,4-7,9H,8,11H2,2H3,(H,18,19)/b14-9+. The Morgan fingerprint density at radius 3 is 2.62 bits per heavy atom. The summed E-state index contributed by atoms with van der Waals surface area (Å²) in [5.41, 5.74) is 1.59. The number of aryl methyl sites for hydroxylation is 1. The average Bonchev–Trinajstić information content (AvgIpc) is 2.49. The second kappa shape index (κ2) is 8.19. The van der Waals surface area contributed by atoms with Crippen LogP contribution >= 0.6 is 0 Å². The molecule has 1 aromatic rings. The highest BCUT2D eigenvalue weighted by molar-refractivity contribution is 5.98. The Morgan fingerprint density at radius 1 is 1.38 bits per heavy atom. The van der Waals surface area contributed by atoms with E-state index < -0.39 is 18.5 Å². The van der Waals surface area contributed by atoms with Crippen LogP contribution in [-0.4, -0.2) is 25.0 Å². The maximum absolute atomic E-state index is 11.7. The highest BCUT2D eigenvalue weighted by Gasteiger charge is 2.12. The minimum Gasteiger partial charge on any atom is -0.451 e. The van der Waals surface area contributed by atoms with Crippen molar-refractivity contribution in [2.75, 3.05) is 13.2 Å². The lowest BCUT2D eigenvalue weighted by Gasteiger charge is -2.04. The van der Waals surface area contributed by atoms with E-state index in [0.717, 1.165) is 5.56 Å². The van der Waals surface area contributed by atoms with E-state index in [9.17, 15) is 9.59 Å². The third-order valence-corrected chi connectivity index (χ3v) is 2.45. The van der Waals surface area contributed by atoms with Gasteiger partial charge in [-0.3, -0.25) is 4.79 Å². The normalized spacial score (nSPS) is 10.1. The molecule has 0 aliphatic carbocycles. The van der Waals surface area contributed by atoms with Crippen LogP contribution in [0.5, 0.6) is 0 Å². The lowest BCUT2D eigenvalue weighted by molar-refractivity contribution is -0.144. The van der Waals surface area contributed by atoms with Gasteiger partial charge in [-0.05, 0) is 18.6 Å². The highest BCUT2D eigenvalue weighted by Crippen LogP contribution is 2.09. The molecule has 21 heavy (non-hydrogen) atoms. The van der Waals surface area contributed by atoms with E-state index in [1.54, 1.807) is 18.2 Å². The minimum atomic E-state index is -0.853. The number of rotatable bonds is 5. The molecular formula is C16H14N2O3. The van der Waals surface area contributed by atoms with Gasteiger partial charge in [0.05, 0.1) is 6.54 Å². The van der Waals surface area contributed by atoms with Crippen LogP contribution in [0.15, 0.2) is 29.8 Å². The SMILES string of the molecule is C#CCNC(=O)COC(=O)/C(C#N)=C/c1ccc(C)cc1. The van der Waals surface area contributed by atoms with E-state index in [4.69, 9.17) is 16.4 Å². The van der Waals surface area contributed by atoms with Crippen LogP contribution in [0.1, 0.15) is 11.1 Å². The Bertz CT molecular complexity index is 631. The van der Waals surface area contributed by atoms with Crippen molar-refractivity contribution in [2.24, 2.45) is 0 Å². The van der Waals surface area contributed by atoms with E-state index >= 15 is 0 Å². The number of esters is 1. The summed E-state index contributed by atoms with van der Waals surface area (Å²) in [5.74, 6) is 0.849. The number of hydrogen-bond donors (Lipinski definition) is 1. The summed E-state index contributed by atoms with van der Waals surface area (Å²) in [6.07, 6.45) is 6.38. The van der Waals surface area contributed by atoms with Crippen LogP contribution in [0.2, 0.25) is 0 Å². The first kappa shape index (κ1) is 16.0. The fourth-order valence-electron chi connectivity index (χ4n) is 1.38. The Hall–Kier alpha value is -3.05. The maximum Gasteiger partial charge on any atom is 0.349 e. The summed E-state index contributed by atoms with van der Waals surface area (Å²) in [7, 11) is 0. The van der Waals surface area contributed by atoms with Crippen LogP contribution in [0.3, 0.4) is 0 Å². The molecule has 106 valence electrons. The molecule has 0 heterocycles. The van der Waals surface area contributed by atoms with Crippen molar-refractivity contribution in [1.82, 2.24) is 5.32 Å². The van der Waals surface area contributed by atoms with Gasteiger partial charge in [0.2, 0.25) is 0 Å². The quantitative estimate of drug-likeness (QED) is 0.381. The molecule has 0 aromatic heterocycles. The molecule has 0 fully saturated rings. The first-order chi connectivity index (χ1) is 10.1. The van der Waals surface area contributed by atoms with Gasteiger partial charge in [0.25, 0.3) is 5.91 Å². The van der Waals surface area contributed by atoms with Crippen molar-refractivity contribution >= 4 is 18.0 Å². The van der Waals surface area contributed by atoms with E-state index in [1.807, 2.05) is 19.1 Å². The van der Waals surface area contributed by atoms with Gasteiger partial charge in [-0.15, -0.1) is 6.42 Å². The number of carbonyl (C=O) groups excluding carboxylic acids is 2. The third kappa shape index (κ3) is 5.63. The molecule has 0 unspecified atom stereocenters. The Balaban J connectivity index is 2.66. The minimum absolute atomic E-state index is 0.0562. The second-order valence-electron chi connectivity index (χ2n) is 4.14. The number of hydrogen-bond acceptors (Lipinski definition) is 4. The van der Waals surface area contributed by atoms with Crippen LogP contribution in [0.4, 0.5) is 0 Å². The van der Waals surface area contributed by atoms with Gasteiger partial charge in [-0.1, -0.05) is 35.7 Å². The van der Waals surface area contributed by atoms with E-state index in [-0.39, 0.29) is 12.1 Å². The largest absolute Gasteiger partial charge is 0.451 e. The summed E-state index contributed by atoms with van der Waals surface area (Å²) in [6, 6.07) is 9.03. The molecule has 0 spiro atoms. The maximum atomic E-state index is 11.7. The molecule has 1 N–H and O–H groups in total. The van der Waals surface area contributed by atoms with E-state index in [0.29, 0.717) is 5.56 Å². The second-order valence-corrected chi connectivity index (χ2v) is 4.14. The Kier molecular flexibility index (Phi) is 6.24. The molecule has 5 heteroatoms. The first-order valence-electron chi connectivity index (χ1n) is 6.12. The summed E-state index contributed by atoms with van der Waals surface area (Å²) < 4.78 is 4.74. The molecule has 1 amide bonds. The first-order valence-corrected chi connectivity index (χ1v) is 6.12. The summed E-state index contributed by atoms with van der Waals surface area (Å²) in [6.45, 7) is 1.51. The zero-order valence-electron chi connectivity index (χ0n) is 11.6. The number of benzene rings is 1. The zero-order chi connectivity index (χ0) is 15.7. The smallest absolute Gasteiger partial charge is 0.349 e. The van der Waals surface area contributed by atoms with Crippen LogP contribution in [0.25, 0.3) is 6.08 Å². The fourth-order valence-corrected chi connectivity index (χ4v) is 1.38. The number of nitrogens with one attached hydrogen (secondary N) is 1. The number of terminal acetylenes is 1. The number of carbonyl (C=O) groups is 2. The monoisotopic (exact) mass is 282 g/mol. The van der Waals surface area contributed by atoms with E-state index in [2.05, 4.69) is 11.2 Å². The predicted octanol–water partition coefficient (Wildman–Crippen LogP) is 1.19. The van der Waals surface area contributed by atoms with Crippen LogP contribution in [-0.2, 0) is 14.3 Å². The topological polar surface area (TPSA) is 79.2 Å². The number of amides is 1.